The summed E-state index contributed by atoms with van der Waals surface area (Å²) in [6.07, 6.45) is 10.7. The normalized spacial score (nSPS) is 10.7. The molecule has 0 fully saturated rings. The number of hydrogen-bond donors (Lipinski definition) is 0. The predicted octanol–water partition coefficient (Wildman–Crippen LogP) is 3.90. The average molecular weight is 170 g/mol. The first-order valence-corrected chi connectivity index (χ1v) is 4.85. The van der Waals surface area contributed by atoms with Crippen molar-refractivity contribution in [2.75, 3.05) is 0 Å². The summed E-state index contributed by atoms with van der Waals surface area (Å²) in [6.45, 7) is 4.19. The summed E-state index contributed by atoms with van der Waals surface area (Å²) < 4.78 is 0. The molecule has 0 unspecified atom stereocenters. The van der Waals surface area contributed by atoms with Crippen LogP contribution in [0.15, 0.2) is 12.2 Å². The van der Waals surface area contributed by atoms with Gasteiger partial charge in [-0.3, -0.25) is 0 Å². The molecule has 0 aliphatic heterocycles. The zero-order valence-electron chi connectivity index (χ0n) is 7.60. The van der Waals surface area contributed by atoms with Crippen LogP contribution in [0.2, 0.25) is 0 Å². The van der Waals surface area contributed by atoms with Gasteiger partial charge in [0.15, 0.2) is 0 Å². The van der Waals surface area contributed by atoms with Gasteiger partial charge < -0.3 is 0 Å². The number of hydrogen-bond acceptors (Lipinski definition) is 1. The maximum absolute atomic E-state index is 4.91. The van der Waals surface area contributed by atoms with Crippen LogP contribution in [0.25, 0.3) is 0 Å². The minimum Gasteiger partial charge on any atom is -0.0852 e. The van der Waals surface area contributed by atoms with Gasteiger partial charge >= 0.3 is 0 Å². The van der Waals surface area contributed by atoms with Gasteiger partial charge in [-0.2, -0.15) is 0 Å². The van der Waals surface area contributed by atoms with Gasteiger partial charge in [0, 0.05) is 4.86 Å². The highest BCUT2D eigenvalue weighted by molar-refractivity contribution is 7.80. The maximum Gasteiger partial charge on any atom is 0.0118 e. The van der Waals surface area contributed by atoms with Crippen LogP contribution in [0.5, 0.6) is 0 Å². The molecule has 0 aliphatic carbocycles. The molecule has 0 bridgehead atoms. The summed E-state index contributed by atoms with van der Waals surface area (Å²) in [5.74, 6) is 0. The highest BCUT2D eigenvalue weighted by Gasteiger charge is 1.84. The van der Waals surface area contributed by atoms with Crippen LogP contribution in [0, 0.1) is 0 Å². The Hall–Kier alpha value is -0.170. The maximum atomic E-state index is 4.91. The third-order valence-corrected chi connectivity index (χ3v) is 1.71. The van der Waals surface area contributed by atoms with E-state index in [1.807, 2.05) is 13.0 Å². The SMILES string of the molecule is CCCCCC/C=C/C(C)=S. The fourth-order valence-corrected chi connectivity index (χ4v) is 1.03. The van der Waals surface area contributed by atoms with Crippen molar-refractivity contribution in [2.24, 2.45) is 0 Å². The van der Waals surface area contributed by atoms with Gasteiger partial charge in [0.2, 0.25) is 0 Å². The largest absolute Gasteiger partial charge is 0.0852 e. The van der Waals surface area contributed by atoms with Gasteiger partial charge in [0.1, 0.15) is 0 Å². The molecule has 0 atom stereocenters. The highest BCUT2D eigenvalue weighted by Crippen LogP contribution is 2.02. The molecule has 0 saturated heterocycles. The van der Waals surface area contributed by atoms with Crippen molar-refractivity contribution < 1.29 is 0 Å². The van der Waals surface area contributed by atoms with Crippen LogP contribution in [-0.2, 0) is 0 Å². The third kappa shape index (κ3) is 9.83. The molecule has 1 heteroatoms. The predicted molar refractivity (Wildman–Crippen MR) is 56.2 cm³/mol. The van der Waals surface area contributed by atoms with E-state index < -0.39 is 0 Å². The summed E-state index contributed by atoms with van der Waals surface area (Å²) in [4.78, 5) is 0.987. The minimum absolute atomic E-state index is 0.987. The standard InChI is InChI=1S/C10H18S/c1-3-4-5-6-7-8-9-10(2)11/h8-9H,3-7H2,1-2H3/b9-8+. The van der Waals surface area contributed by atoms with Crippen molar-refractivity contribution >= 4 is 17.1 Å². The molecule has 0 N–H and O–H groups in total. The second kappa shape index (κ2) is 7.93. The monoisotopic (exact) mass is 170 g/mol. The smallest absolute Gasteiger partial charge is 0.0118 e. The number of allylic oxidation sites excluding steroid dienone is 2. The topological polar surface area (TPSA) is 0 Å². The lowest BCUT2D eigenvalue weighted by atomic mass is 10.1. The number of thiocarbonyl (C=S) groups is 1. The zero-order valence-corrected chi connectivity index (χ0v) is 8.41. The highest BCUT2D eigenvalue weighted by atomic mass is 32.1. The first-order chi connectivity index (χ1) is 5.27. The Morgan fingerprint density at radius 2 is 2.00 bits per heavy atom. The van der Waals surface area contributed by atoms with Crippen molar-refractivity contribution in [1.82, 2.24) is 0 Å². The Balaban J connectivity index is 3.07. The summed E-state index contributed by atoms with van der Waals surface area (Å²) in [5.41, 5.74) is 0. The third-order valence-electron chi connectivity index (χ3n) is 1.58. The summed E-state index contributed by atoms with van der Waals surface area (Å²) in [5, 5.41) is 0. The fourth-order valence-electron chi connectivity index (χ4n) is 0.938. The van der Waals surface area contributed by atoms with Gasteiger partial charge in [-0.15, -0.1) is 0 Å². The van der Waals surface area contributed by atoms with E-state index in [1.165, 1.54) is 32.1 Å². The van der Waals surface area contributed by atoms with E-state index in [2.05, 4.69) is 13.0 Å². The second-order valence-corrected chi connectivity index (χ2v) is 3.51. The fraction of sp³-hybridized carbons (Fsp3) is 0.700. The molecule has 0 aliphatic rings. The molecule has 64 valence electrons. The molecular weight excluding hydrogens is 152 g/mol. The molecule has 0 rings (SSSR count). The van der Waals surface area contributed by atoms with E-state index in [1.54, 1.807) is 0 Å². The average Bonchev–Trinajstić information content (AvgIpc) is 1.96. The molecule has 0 radical (unpaired) electrons. The Bertz CT molecular complexity index is 125. The van der Waals surface area contributed by atoms with Crippen molar-refractivity contribution in [1.29, 1.82) is 0 Å². The van der Waals surface area contributed by atoms with Gasteiger partial charge in [0.25, 0.3) is 0 Å². The number of rotatable bonds is 6. The van der Waals surface area contributed by atoms with Crippen LogP contribution in [0.1, 0.15) is 46.0 Å². The van der Waals surface area contributed by atoms with Gasteiger partial charge in [-0.25, -0.2) is 0 Å². The van der Waals surface area contributed by atoms with E-state index in [9.17, 15) is 0 Å². The lowest BCUT2D eigenvalue weighted by Gasteiger charge is -1.93. The quantitative estimate of drug-likeness (QED) is 0.331. The van der Waals surface area contributed by atoms with Crippen LogP contribution in [0.4, 0.5) is 0 Å². The first-order valence-electron chi connectivity index (χ1n) is 4.44. The molecule has 0 aromatic carbocycles. The van der Waals surface area contributed by atoms with Crippen molar-refractivity contribution in [2.45, 2.75) is 46.0 Å². The van der Waals surface area contributed by atoms with Gasteiger partial charge in [-0.1, -0.05) is 50.6 Å². The van der Waals surface area contributed by atoms with E-state index in [0.717, 1.165) is 4.86 Å². The van der Waals surface area contributed by atoms with E-state index in [-0.39, 0.29) is 0 Å². The molecule has 0 saturated carbocycles. The van der Waals surface area contributed by atoms with Crippen molar-refractivity contribution in [3.63, 3.8) is 0 Å². The van der Waals surface area contributed by atoms with E-state index >= 15 is 0 Å². The van der Waals surface area contributed by atoms with E-state index in [0.29, 0.717) is 0 Å². The van der Waals surface area contributed by atoms with Gasteiger partial charge in [-0.05, 0) is 19.8 Å². The van der Waals surface area contributed by atoms with Crippen molar-refractivity contribution in [3.05, 3.63) is 12.2 Å². The van der Waals surface area contributed by atoms with Gasteiger partial charge in [0.05, 0.1) is 0 Å². The minimum atomic E-state index is 0.987. The summed E-state index contributed by atoms with van der Waals surface area (Å²) in [6, 6.07) is 0. The molecule has 0 heterocycles. The van der Waals surface area contributed by atoms with Crippen LogP contribution >= 0.6 is 12.2 Å². The van der Waals surface area contributed by atoms with E-state index in [4.69, 9.17) is 12.2 Å². The molecule has 0 amide bonds. The Labute approximate surface area is 75.7 Å². The lowest BCUT2D eigenvalue weighted by molar-refractivity contribution is 0.674. The summed E-state index contributed by atoms with van der Waals surface area (Å²) >= 11 is 4.91. The Kier molecular flexibility index (Phi) is 7.81. The van der Waals surface area contributed by atoms with Crippen LogP contribution in [-0.4, -0.2) is 4.86 Å². The van der Waals surface area contributed by atoms with Crippen LogP contribution in [0.3, 0.4) is 0 Å². The number of unbranched alkanes of at least 4 members (excludes halogenated alkanes) is 4. The molecule has 0 aromatic heterocycles. The molecule has 0 aromatic rings. The van der Waals surface area contributed by atoms with Crippen molar-refractivity contribution in [3.8, 4) is 0 Å². The Morgan fingerprint density at radius 1 is 1.27 bits per heavy atom. The lowest BCUT2D eigenvalue weighted by Crippen LogP contribution is -1.77. The zero-order chi connectivity index (χ0) is 8.53. The van der Waals surface area contributed by atoms with Crippen LogP contribution < -0.4 is 0 Å². The molecular formula is C10H18S. The Morgan fingerprint density at radius 3 is 2.55 bits per heavy atom. The molecule has 0 nitrogen and oxygen atoms in total. The first kappa shape index (κ1) is 10.8. The molecule has 11 heavy (non-hydrogen) atoms. The summed E-state index contributed by atoms with van der Waals surface area (Å²) in [7, 11) is 0. The molecule has 0 spiro atoms. The second-order valence-electron chi connectivity index (χ2n) is 2.86.